The van der Waals surface area contributed by atoms with Gasteiger partial charge in [-0.15, -0.1) is 0 Å². The topological polar surface area (TPSA) is 67.9 Å². The van der Waals surface area contributed by atoms with Crippen LogP contribution < -0.4 is 10.2 Å². The molecule has 0 aliphatic carbocycles. The molecule has 2 aromatic heterocycles. The second kappa shape index (κ2) is 3.34. The van der Waals surface area contributed by atoms with Gasteiger partial charge < -0.3 is 9.72 Å². The molecule has 2 heterocycles. The standard InChI is InChI=1S/C10H11N3O2/c1-5-4-7(14)8-6(2)12-10(15-3)13-9(8)11-5/h4H,1-3H3,(H,11,12,13,14). The van der Waals surface area contributed by atoms with Crippen molar-refractivity contribution in [2.45, 2.75) is 13.8 Å². The van der Waals surface area contributed by atoms with Gasteiger partial charge in [0.2, 0.25) is 0 Å². The Morgan fingerprint density at radius 3 is 2.73 bits per heavy atom. The van der Waals surface area contributed by atoms with Crippen molar-refractivity contribution in [1.82, 2.24) is 15.0 Å². The number of nitrogens with one attached hydrogen (secondary N) is 1. The van der Waals surface area contributed by atoms with Gasteiger partial charge in [-0.2, -0.15) is 9.97 Å². The highest BCUT2D eigenvalue weighted by molar-refractivity contribution is 5.77. The number of aromatic amines is 1. The van der Waals surface area contributed by atoms with E-state index in [2.05, 4.69) is 15.0 Å². The number of rotatable bonds is 1. The van der Waals surface area contributed by atoms with Crippen LogP contribution in [0.3, 0.4) is 0 Å². The summed E-state index contributed by atoms with van der Waals surface area (Å²) in [7, 11) is 1.49. The highest BCUT2D eigenvalue weighted by atomic mass is 16.5. The number of nitrogens with zero attached hydrogens (tertiary/aromatic N) is 2. The van der Waals surface area contributed by atoms with E-state index in [9.17, 15) is 4.79 Å². The SMILES string of the molecule is COc1nc(C)c2c(=O)cc(C)[nH]c2n1. The summed E-state index contributed by atoms with van der Waals surface area (Å²) in [4.78, 5) is 22.8. The Morgan fingerprint density at radius 2 is 2.07 bits per heavy atom. The zero-order valence-corrected chi connectivity index (χ0v) is 8.79. The molecule has 0 saturated carbocycles. The number of methoxy groups -OCH3 is 1. The first kappa shape index (κ1) is 9.64. The van der Waals surface area contributed by atoms with Gasteiger partial charge in [-0.1, -0.05) is 0 Å². The normalized spacial score (nSPS) is 10.6. The van der Waals surface area contributed by atoms with Gasteiger partial charge in [0.25, 0.3) is 0 Å². The smallest absolute Gasteiger partial charge is 0.318 e. The number of fused-ring (bicyclic) bond motifs is 1. The first-order chi connectivity index (χ1) is 7.11. The lowest BCUT2D eigenvalue weighted by Crippen LogP contribution is -2.08. The van der Waals surface area contributed by atoms with E-state index in [-0.39, 0.29) is 11.4 Å². The summed E-state index contributed by atoms with van der Waals surface area (Å²) in [6.45, 7) is 3.57. The van der Waals surface area contributed by atoms with Crippen molar-refractivity contribution in [3.05, 3.63) is 27.7 Å². The fourth-order valence-corrected chi connectivity index (χ4v) is 1.52. The summed E-state index contributed by atoms with van der Waals surface area (Å²) in [6, 6.07) is 1.80. The van der Waals surface area contributed by atoms with Gasteiger partial charge in [-0.25, -0.2) is 0 Å². The summed E-state index contributed by atoms with van der Waals surface area (Å²) >= 11 is 0. The summed E-state index contributed by atoms with van der Waals surface area (Å²) in [5.41, 5.74) is 1.84. The highest BCUT2D eigenvalue weighted by Crippen LogP contribution is 2.12. The molecule has 0 amide bonds. The van der Waals surface area contributed by atoms with Crippen LogP contribution in [-0.2, 0) is 0 Å². The van der Waals surface area contributed by atoms with Crippen LogP contribution in [-0.4, -0.2) is 22.1 Å². The minimum Gasteiger partial charge on any atom is -0.467 e. The summed E-state index contributed by atoms with van der Waals surface area (Å²) < 4.78 is 4.94. The summed E-state index contributed by atoms with van der Waals surface area (Å²) in [5.74, 6) is 0. The van der Waals surface area contributed by atoms with Gasteiger partial charge in [0.15, 0.2) is 5.43 Å². The quantitative estimate of drug-likeness (QED) is 0.752. The van der Waals surface area contributed by atoms with Crippen LogP contribution in [0.15, 0.2) is 10.9 Å². The third kappa shape index (κ3) is 1.56. The molecule has 0 radical (unpaired) electrons. The first-order valence-corrected chi connectivity index (χ1v) is 4.54. The predicted molar refractivity (Wildman–Crippen MR) is 56.2 cm³/mol. The minimum atomic E-state index is -0.0681. The number of hydrogen-bond acceptors (Lipinski definition) is 4. The van der Waals surface area contributed by atoms with Crippen LogP contribution in [0.2, 0.25) is 0 Å². The van der Waals surface area contributed by atoms with Gasteiger partial charge in [0, 0.05) is 11.8 Å². The first-order valence-electron chi connectivity index (χ1n) is 4.54. The third-order valence-corrected chi connectivity index (χ3v) is 2.16. The molecule has 1 N–H and O–H groups in total. The van der Waals surface area contributed by atoms with Gasteiger partial charge in [0.05, 0.1) is 18.2 Å². The third-order valence-electron chi connectivity index (χ3n) is 2.16. The Kier molecular flexibility index (Phi) is 2.15. The minimum absolute atomic E-state index is 0.0681. The Bertz CT molecular complexity index is 575. The van der Waals surface area contributed by atoms with Gasteiger partial charge in [-0.05, 0) is 13.8 Å². The molecule has 0 aliphatic heterocycles. The fourth-order valence-electron chi connectivity index (χ4n) is 1.52. The molecule has 2 rings (SSSR count). The number of aromatic nitrogens is 3. The Balaban J connectivity index is 2.91. The molecular formula is C10H11N3O2. The maximum Gasteiger partial charge on any atom is 0.318 e. The zero-order chi connectivity index (χ0) is 11.0. The number of aryl methyl sites for hydroxylation is 2. The van der Waals surface area contributed by atoms with Crippen molar-refractivity contribution in [2.24, 2.45) is 0 Å². The van der Waals surface area contributed by atoms with Crippen LogP contribution in [0.1, 0.15) is 11.4 Å². The van der Waals surface area contributed by atoms with E-state index in [1.807, 2.05) is 6.92 Å². The maximum atomic E-state index is 11.7. The van der Waals surface area contributed by atoms with Crippen LogP contribution in [0.25, 0.3) is 11.0 Å². The molecule has 0 spiro atoms. The molecule has 15 heavy (non-hydrogen) atoms. The number of ether oxygens (including phenoxy) is 1. The molecule has 5 nitrogen and oxygen atoms in total. The second-order valence-corrected chi connectivity index (χ2v) is 3.34. The highest BCUT2D eigenvalue weighted by Gasteiger charge is 2.08. The molecule has 78 valence electrons. The number of H-pyrrole nitrogens is 1. The van der Waals surface area contributed by atoms with E-state index in [0.717, 1.165) is 5.69 Å². The molecule has 0 aliphatic rings. The van der Waals surface area contributed by atoms with E-state index in [1.165, 1.54) is 13.2 Å². The number of hydrogen-bond donors (Lipinski definition) is 1. The second-order valence-electron chi connectivity index (χ2n) is 3.34. The van der Waals surface area contributed by atoms with Crippen molar-refractivity contribution in [3.8, 4) is 6.01 Å². The zero-order valence-electron chi connectivity index (χ0n) is 8.79. The van der Waals surface area contributed by atoms with Gasteiger partial charge in [0.1, 0.15) is 5.65 Å². The van der Waals surface area contributed by atoms with Crippen molar-refractivity contribution in [3.63, 3.8) is 0 Å². The average molecular weight is 205 g/mol. The Hall–Kier alpha value is -1.91. The summed E-state index contributed by atoms with van der Waals surface area (Å²) in [5, 5.41) is 0.515. The van der Waals surface area contributed by atoms with Crippen molar-refractivity contribution < 1.29 is 4.74 Å². The lowest BCUT2D eigenvalue weighted by Gasteiger charge is -2.04. The predicted octanol–water partition coefficient (Wildman–Crippen LogP) is 0.944. The number of pyridine rings is 1. The summed E-state index contributed by atoms with van der Waals surface area (Å²) in [6.07, 6.45) is 0. The molecular weight excluding hydrogens is 194 g/mol. The molecule has 0 saturated heterocycles. The van der Waals surface area contributed by atoms with E-state index in [0.29, 0.717) is 16.7 Å². The monoisotopic (exact) mass is 205 g/mol. The van der Waals surface area contributed by atoms with Crippen LogP contribution in [0.5, 0.6) is 6.01 Å². The average Bonchev–Trinajstić information content (AvgIpc) is 2.15. The van der Waals surface area contributed by atoms with E-state index in [1.54, 1.807) is 6.92 Å². The van der Waals surface area contributed by atoms with E-state index in [4.69, 9.17) is 4.74 Å². The molecule has 5 heteroatoms. The fraction of sp³-hybridized carbons (Fsp3) is 0.300. The van der Waals surface area contributed by atoms with Crippen molar-refractivity contribution >= 4 is 11.0 Å². The molecule has 0 atom stereocenters. The maximum absolute atomic E-state index is 11.7. The lowest BCUT2D eigenvalue weighted by atomic mass is 10.2. The Labute approximate surface area is 86.1 Å². The Morgan fingerprint density at radius 1 is 1.33 bits per heavy atom. The molecule has 0 fully saturated rings. The van der Waals surface area contributed by atoms with Gasteiger partial charge >= 0.3 is 6.01 Å². The van der Waals surface area contributed by atoms with Crippen molar-refractivity contribution in [1.29, 1.82) is 0 Å². The molecule has 2 aromatic rings. The van der Waals surface area contributed by atoms with E-state index >= 15 is 0 Å². The van der Waals surface area contributed by atoms with Crippen LogP contribution >= 0.6 is 0 Å². The lowest BCUT2D eigenvalue weighted by molar-refractivity contribution is 0.380. The molecule has 0 aromatic carbocycles. The molecule has 0 bridgehead atoms. The van der Waals surface area contributed by atoms with Crippen molar-refractivity contribution in [2.75, 3.05) is 7.11 Å². The van der Waals surface area contributed by atoms with Crippen LogP contribution in [0.4, 0.5) is 0 Å². The largest absolute Gasteiger partial charge is 0.467 e. The molecule has 0 unspecified atom stereocenters. The van der Waals surface area contributed by atoms with E-state index < -0.39 is 0 Å². The van der Waals surface area contributed by atoms with Crippen LogP contribution in [0, 0.1) is 13.8 Å². The van der Waals surface area contributed by atoms with Gasteiger partial charge in [-0.3, -0.25) is 4.79 Å².